The van der Waals surface area contributed by atoms with E-state index in [1.54, 1.807) is 0 Å². The number of hydrogen-bond acceptors (Lipinski definition) is 2. The summed E-state index contributed by atoms with van der Waals surface area (Å²) in [6.45, 7) is -0.209. The summed E-state index contributed by atoms with van der Waals surface area (Å²) in [6, 6.07) is -1.50. The van der Waals surface area contributed by atoms with Gasteiger partial charge in [-0.05, 0) is 6.42 Å². The van der Waals surface area contributed by atoms with Gasteiger partial charge in [0.15, 0.2) is 0 Å². The Balaban J connectivity index is 2.21. The molecular weight excluding hydrogens is 185 g/mol. The number of halogens is 3. The van der Waals surface area contributed by atoms with E-state index in [2.05, 4.69) is 4.99 Å². The van der Waals surface area contributed by atoms with Gasteiger partial charge in [0.25, 0.3) is 5.91 Å². The smallest absolute Gasteiger partial charge is 0.338 e. The van der Waals surface area contributed by atoms with Gasteiger partial charge in [0, 0.05) is 6.42 Å². The molecule has 0 saturated carbocycles. The Morgan fingerprint density at radius 2 is 2.15 bits per heavy atom. The number of amides is 1. The summed E-state index contributed by atoms with van der Waals surface area (Å²) in [5, 5.41) is 0. The van der Waals surface area contributed by atoms with Crippen LogP contribution in [-0.4, -0.2) is 35.4 Å². The quantitative estimate of drug-likeness (QED) is 0.572. The van der Waals surface area contributed by atoms with Crippen LogP contribution in [0.4, 0.5) is 13.2 Å². The maximum absolute atomic E-state index is 12.3. The molecule has 72 valence electrons. The molecule has 0 aliphatic carbocycles. The van der Waals surface area contributed by atoms with Gasteiger partial charge < -0.3 is 4.90 Å². The third kappa shape index (κ3) is 1.30. The van der Waals surface area contributed by atoms with Crippen molar-refractivity contribution in [3.63, 3.8) is 0 Å². The lowest BCUT2D eigenvalue weighted by molar-refractivity contribution is -0.170. The number of rotatable bonds is 0. The van der Waals surface area contributed by atoms with Crippen LogP contribution in [0.1, 0.15) is 12.8 Å². The van der Waals surface area contributed by atoms with Crippen molar-refractivity contribution in [3.05, 3.63) is 0 Å². The highest BCUT2D eigenvalue weighted by Crippen LogP contribution is 2.35. The molecule has 0 radical (unpaired) electrons. The Bertz CT molecular complexity index is 284. The molecule has 0 aromatic carbocycles. The third-order valence-corrected chi connectivity index (χ3v) is 2.29. The Morgan fingerprint density at radius 1 is 1.46 bits per heavy atom. The molecule has 0 aromatic heterocycles. The zero-order chi connectivity index (χ0) is 9.64. The molecule has 0 spiro atoms. The van der Waals surface area contributed by atoms with E-state index >= 15 is 0 Å². The number of aliphatic imine (C=N–C) groups is 1. The monoisotopic (exact) mass is 192 g/mol. The van der Waals surface area contributed by atoms with Crippen molar-refractivity contribution in [1.29, 1.82) is 0 Å². The van der Waals surface area contributed by atoms with Crippen LogP contribution < -0.4 is 0 Å². The molecule has 1 atom stereocenters. The number of alkyl halides is 3. The van der Waals surface area contributed by atoms with Crippen molar-refractivity contribution in [3.8, 4) is 0 Å². The predicted octanol–water partition coefficient (Wildman–Crippen LogP) is 0.952. The summed E-state index contributed by atoms with van der Waals surface area (Å²) >= 11 is 0. The summed E-state index contributed by atoms with van der Waals surface area (Å²) in [7, 11) is 0. The number of hydrogen-bond donors (Lipinski definition) is 0. The van der Waals surface area contributed by atoms with E-state index in [-0.39, 0.29) is 19.4 Å². The standard InChI is InChI=1S/C7H7F3N2O/c8-7(9,10)4-1-2-5-11-6(13)3-12(4)5/h4H,1-3H2. The number of nitrogens with zero attached hydrogens (tertiary/aromatic N) is 2. The minimum Gasteiger partial charge on any atom is -0.338 e. The average Bonchev–Trinajstić information content (AvgIpc) is 2.41. The van der Waals surface area contributed by atoms with Crippen LogP contribution >= 0.6 is 0 Å². The molecule has 2 heterocycles. The van der Waals surface area contributed by atoms with Crippen molar-refractivity contribution in [2.24, 2.45) is 4.99 Å². The first-order valence-corrected chi connectivity index (χ1v) is 3.92. The first kappa shape index (κ1) is 8.52. The molecule has 1 fully saturated rings. The van der Waals surface area contributed by atoms with Gasteiger partial charge in [-0.15, -0.1) is 0 Å². The van der Waals surface area contributed by atoms with Gasteiger partial charge in [-0.1, -0.05) is 0 Å². The van der Waals surface area contributed by atoms with Crippen LogP contribution in [0.5, 0.6) is 0 Å². The molecule has 6 heteroatoms. The number of amidine groups is 1. The summed E-state index contributed by atoms with van der Waals surface area (Å²) in [5.74, 6) is -0.170. The van der Waals surface area contributed by atoms with Crippen LogP contribution in [0.25, 0.3) is 0 Å². The van der Waals surface area contributed by atoms with Crippen LogP contribution in [0, 0.1) is 0 Å². The van der Waals surface area contributed by atoms with Gasteiger partial charge in [0.1, 0.15) is 18.4 Å². The molecule has 13 heavy (non-hydrogen) atoms. The van der Waals surface area contributed by atoms with Crippen molar-refractivity contribution >= 4 is 11.7 Å². The maximum atomic E-state index is 12.3. The lowest BCUT2D eigenvalue weighted by atomic mass is 10.2. The molecule has 0 N–H and O–H groups in total. The summed E-state index contributed by atoms with van der Waals surface area (Å²) in [4.78, 5) is 15.3. The van der Waals surface area contributed by atoms with Gasteiger partial charge in [0.2, 0.25) is 0 Å². The second-order valence-corrected chi connectivity index (χ2v) is 3.15. The average molecular weight is 192 g/mol. The van der Waals surface area contributed by atoms with Crippen LogP contribution in [0.2, 0.25) is 0 Å². The highest BCUT2D eigenvalue weighted by molar-refractivity contribution is 6.03. The van der Waals surface area contributed by atoms with Gasteiger partial charge in [-0.2, -0.15) is 18.2 Å². The number of carbonyl (C=O) groups is 1. The molecule has 3 nitrogen and oxygen atoms in total. The zero-order valence-corrected chi connectivity index (χ0v) is 6.64. The molecule has 2 rings (SSSR count). The van der Waals surface area contributed by atoms with E-state index in [0.717, 1.165) is 4.90 Å². The Labute approximate surface area is 72.2 Å². The molecule has 0 aromatic rings. The Kier molecular flexibility index (Phi) is 1.61. The van der Waals surface area contributed by atoms with Gasteiger partial charge in [-0.25, -0.2) is 0 Å². The molecule has 1 saturated heterocycles. The Hall–Kier alpha value is -1.07. The molecule has 0 bridgehead atoms. The van der Waals surface area contributed by atoms with E-state index in [0.29, 0.717) is 5.84 Å². The lowest BCUT2D eigenvalue weighted by Gasteiger charge is -2.23. The minimum atomic E-state index is -4.25. The van der Waals surface area contributed by atoms with Crippen molar-refractivity contribution in [2.75, 3.05) is 6.54 Å². The second-order valence-electron chi connectivity index (χ2n) is 3.15. The Morgan fingerprint density at radius 3 is 2.77 bits per heavy atom. The fraction of sp³-hybridized carbons (Fsp3) is 0.714. The number of carbonyl (C=O) groups excluding carboxylic acids is 1. The topological polar surface area (TPSA) is 32.7 Å². The SMILES string of the molecule is O=C1CN2C(=N1)CCC2C(F)(F)F. The first-order valence-electron chi connectivity index (χ1n) is 3.92. The first-order chi connectivity index (χ1) is 5.98. The van der Waals surface area contributed by atoms with E-state index in [1.165, 1.54) is 0 Å². The number of fused-ring (bicyclic) bond motifs is 1. The van der Waals surface area contributed by atoms with Gasteiger partial charge in [0.05, 0.1) is 0 Å². The van der Waals surface area contributed by atoms with Crippen LogP contribution in [-0.2, 0) is 4.79 Å². The van der Waals surface area contributed by atoms with Crippen LogP contribution in [0.3, 0.4) is 0 Å². The molecule has 1 unspecified atom stereocenters. The van der Waals surface area contributed by atoms with Crippen molar-refractivity contribution < 1.29 is 18.0 Å². The van der Waals surface area contributed by atoms with Crippen molar-refractivity contribution in [1.82, 2.24) is 4.90 Å². The van der Waals surface area contributed by atoms with E-state index in [1.807, 2.05) is 0 Å². The van der Waals surface area contributed by atoms with Crippen LogP contribution in [0.15, 0.2) is 4.99 Å². The highest BCUT2D eigenvalue weighted by atomic mass is 19.4. The fourth-order valence-corrected chi connectivity index (χ4v) is 1.73. The van der Waals surface area contributed by atoms with E-state index in [4.69, 9.17) is 0 Å². The third-order valence-electron chi connectivity index (χ3n) is 2.29. The van der Waals surface area contributed by atoms with Crippen molar-refractivity contribution in [2.45, 2.75) is 25.1 Å². The van der Waals surface area contributed by atoms with Gasteiger partial charge >= 0.3 is 6.18 Å². The van der Waals surface area contributed by atoms with E-state index in [9.17, 15) is 18.0 Å². The molecule has 2 aliphatic rings. The maximum Gasteiger partial charge on any atom is 0.408 e. The zero-order valence-electron chi connectivity index (χ0n) is 6.64. The summed E-state index contributed by atoms with van der Waals surface area (Å²) in [5.41, 5.74) is 0. The lowest BCUT2D eigenvalue weighted by Crippen LogP contribution is -2.42. The minimum absolute atomic E-state index is 0.0234. The molecule has 1 amide bonds. The van der Waals surface area contributed by atoms with E-state index < -0.39 is 18.1 Å². The second kappa shape index (κ2) is 2.46. The fourth-order valence-electron chi connectivity index (χ4n) is 1.73. The summed E-state index contributed by atoms with van der Waals surface area (Å²) in [6.07, 6.45) is -3.96. The largest absolute Gasteiger partial charge is 0.408 e. The van der Waals surface area contributed by atoms with Gasteiger partial charge in [-0.3, -0.25) is 4.79 Å². The molecule has 2 aliphatic heterocycles. The highest BCUT2D eigenvalue weighted by Gasteiger charge is 2.50. The molecular formula is C7H7F3N2O. The summed E-state index contributed by atoms with van der Waals surface area (Å²) < 4.78 is 37.0. The predicted molar refractivity (Wildman–Crippen MR) is 38.2 cm³/mol. The normalized spacial score (nSPS) is 27.9.